The Kier molecular flexibility index (Phi) is 5.06. The maximum atomic E-state index is 13.3. The van der Waals surface area contributed by atoms with Gasteiger partial charge in [-0.05, 0) is 42.9 Å². The molecule has 1 aromatic carbocycles. The van der Waals surface area contributed by atoms with Crippen LogP contribution in [0.15, 0.2) is 18.2 Å². The molecule has 0 saturated heterocycles. The number of ketones is 1. The standard InChI is InChI=1S/C16H23FO/c1-5-9-16(4,10-6-2)15-8-7-13(17)11-14(15)12(3)18/h7-8,11H,5-6,9-10H2,1-4H3. The molecule has 0 radical (unpaired) electrons. The molecule has 100 valence electrons. The molecule has 0 aliphatic carbocycles. The molecule has 1 nitrogen and oxygen atoms in total. The Bertz CT molecular complexity index is 417. The average Bonchev–Trinajstić information content (AvgIpc) is 2.29. The molecular formula is C16H23FO. The van der Waals surface area contributed by atoms with Crippen molar-refractivity contribution in [3.05, 3.63) is 35.1 Å². The zero-order valence-electron chi connectivity index (χ0n) is 11.8. The van der Waals surface area contributed by atoms with Crippen LogP contribution in [0.25, 0.3) is 0 Å². The summed E-state index contributed by atoms with van der Waals surface area (Å²) in [5, 5.41) is 0. The highest BCUT2D eigenvalue weighted by Gasteiger charge is 2.28. The zero-order chi connectivity index (χ0) is 13.8. The summed E-state index contributed by atoms with van der Waals surface area (Å²) in [4.78, 5) is 11.7. The molecule has 1 aromatic rings. The second-order valence-corrected chi connectivity index (χ2v) is 5.31. The summed E-state index contributed by atoms with van der Waals surface area (Å²) in [5.41, 5.74) is 1.51. The Balaban J connectivity index is 3.31. The van der Waals surface area contributed by atoms with Crippen molar-refractivity contribution in [3.63, 3.8) is 0 Å². The van der Waals surface area contributed by atoms with E-state index < -0.39 is 0 Å². The maximum Gasteiger partial charge on any atom is 0.160 e. The van der Waals surface area contributed by atoms with Crippen LogP contribution in [-0.2, 0) is 5.41 Å². The Labute approximate surface area is 109 Å². The number of hydrogen-bond donors (Lipinski definition) is 0. The van der Waals surface area contributed by atoms with Crippen molar-refractivity contribution in [2.75, 3.05) is 0 Å². The summed E-state index contributed by atoms with van der Waals surface area (Å²) >= 11 is 0. The van der Waals surface area contributed by atoms with Crippen LogP contribution in [0.2, 0.25) is 0 Å². The largest absolute Gasteiger partial charge is 0.294 e. The van der Waals surface area contributed by atoms with Gasteiger partial charge in [0.1, 0.15) is 5.82 Å². The molecule has 18 heavy (non-hydrogen) atoms. The van der Waals surface area contributed by atoms with Crippen molar-refractivity contribution in [3.8, 4) is 0 Å². The van der Waals surface area contributed by atoms with Crippen molar-refractivity contribution < 1.29 is 9.18 Å². The van der Waals surface area contributed by atoms with E-state index in [-0.39, 0.29) is 17.0 Å². The lowest BCUT2D eigenvalue weighted by Gasteiger charge is -2.31. The van der Waals surface area contributed by atoms with Crippen LogP contribution in [0.1, 0.15) is 69.3 Å². The second-order valence-electron chi connectivity index (χ2n) is 5.31. The lowest BCUT2D eigenvalue weighted by molar-refractivity contribution is 0.101. The first-order valence-electron chi connectivity index (χ1n) is 6.75. The molecule has 0 heterocycles. The monoisotopic (exact) mass is 250 g/mol. The van der Waals surface area contributed by atoms with Gasteiger partial charge in [-0.1, -0.05) is 39.7 Å². The van der Waals surface area contributed by atoms with Crippen LogP contribution < -0.4 is 0 Å². The van der Waals surface area contributed by atoms with Gasteiger partial charge in [-0.2, -0.15) is 0 Å². The predicted octanol–water partition coefficient (Wildman–Crippen LogP) is 4.89. The van der Waals surface area contributed by atoms with Crippen molar-refractivity contribution in [1.82, 2.24) is 0 Å². The SMILES string of the molecule is CCCC(C)(CCC)c1ccc(F)cc1C(C)=O. The lowest BCUT2D eigenvalue weighted by atomic mass is 9.73. The van der Waals surface area contributed by atoms with Crippen LogP contribution in [0.3, 0.4) is 0 Å². The van der Waals surface area contributed by atoms with Gasteiger partial charge in [0.25, 0.3) is 0 Å². The zero-order valence-corrected chi connectivity index (χ0v) is 11.8. The highest BCUT2D eigenvalue weighted by Crippen LogP contribution is 2.36. The molecule has 0 atom stereocenters. The van der Waals surface area contributed by atoms with E-state index in [1.54, 1.807) is 6.07 Å². The number of carbonyl (C=O) groups is 1. The minimum atomic E-state index is -0.334. The molecule has 0 N–H and O–H groups in total. The molecule has 0 aromatic heterocycles. The summed E-state index contributed by atoms with van der Waals surface area (Å²) < 4.78 is 13.3. The van der Waals surface area contributed by atoms with Gasteiger partial charge in [0.05, 0.1) is 0 Å². The highest BCUT2D eigenvalue weighted by molar-refractivity contribution is 5.96. The normalized spacial score (nSPS) is 11.6. The Morgan fingerprint density at radius 3 is 2.22 bits per heavy atom. The van der Waals surface area contributed by atoms with Crippen LogP contribution in [0, 0.1) is 5.82 Å². The third kappa shape index (κ3) is 3.18. The van der Waals surface area contributed by atoms with Crippen LogP contribution >= 0.6 is 0 Å². The Morgan fingerprint density at radius 2 is 1.78 bits per heavy atom. The van der Waals surface area contributed by atoms with Gasteiger partial charge in [0.15, 0.2) is 5.78 Å². The van der Waals surface area contributed by atoms with Crippen molar-refractivity contribution in [2.45, 2.75) is 58.8 Å². The summed E-state index contributed by atoms with van der Waals surface area (Å²) in [6.07, 6.45) is 4.16. The van der Waals surface area contributed by atoms with E-state index in [2.05, 4.69) is 20.8 Å². The third-order valence-electron chi connectivity index (χ3n) is 3.61. The third-order valence-corrected chi connectivity index (χ3v) is 3.61. The minimum Gasteiger partial charge on any atom is -0.294 e. The number of carbonyl (C=O) groups excluding carboxylic acids is 1. The molecule has 0 aliphatic rings. The van der Waals surface area contributed by atoms with Gasteiger partial charge >= 0.3 is 0 Å². The summed E-state index contributed by atoms with van der Waals surface area (Å²) in [7, 11) is 0. The maximum absolute atomic E-state index is 13.3. The van der Waals surface area contributed by atoms with Crippen LogP contribution in [0.4, 0.5) is 4.39 Å². The van der Waals surface area contributed by atoms with E-state index in [4.69, 9.17) is 0 Å². The van der Waals surface area contributed by atoms with Gasteiger partial charge in [-0.3, -0.25) is 4.79 Å². The Morgan fingerprint density at radius 1 is 1.22 bits per heavy atom. The van der Waals surface area contributed by atoms with Crippen LogP contribution in [0.5, 0.6) is 0 Å². The predicted molar refractivity (Wildman–Crippen MR) is 73.6 cm³/mol. The number of halogens is 1. The number of rotatable bonds is 6. The summed E-state index contributed by atoms with van der Waals surface area (Å²) in [5.74, 6) is -0.387. The fraction of sp³-hybridized carbons (Fsp3) is 0.562. The van der Waals surface area contributed by atoms with E-state index >= 15 is 0 Å². The molecule has 0 saturated carbocycles. The average molecular weight is 250 g/mol. The fourth-order valence-corrected chi connectivity index (χ4v) is 2.83. The molecule has 0 amide bonds. The van der Waals surface area contributed by atoms with Gasteiger partial charge in [-0.25, -0.2) is 4.39 Å². The summed E-state index contributed by atoms with van der Waals surface area (Å²) in [6.45, 7) is 7.98. The van der Waals surface area contributed by atoms with Gasteiger partial charge < -0.3 is 0 Å². The fourth-order valence-electron chi connectivity index (χ4n) is 2.83. The van der Waals surface area contributed by atoms with Crippen LogP contribution in [-0.4, -0.2) is 5.78 Å². The first kappa shape index (κ1) is 14.9. The molecular weight excluding hydrogens is 227 g/mol. The minimum absolute atomic E-state index is 0.0296. The molecule has 0 bridgehead atoms. The van der Waals surface area contributed by atoms with E-state index in [9.17, 15) is 9.18 Å². The molecule has 1 rings (SSSR count). The van der Waals surface area contributed by atoms with E-state index in [1.165, 1.54) is 19.1 Å². The van der Waals surface area contributed by atoms with E-state index in [1.807, 2.05) is 0 Å². The molecule has 0 spiro atoms. The van der Waals surface area contributed by atoms with Crippen molar-refractivity contribution >= 4 is 5.78 Å². The quantitative estimate of drug-likeness (QED) is 0.657. The smallest absolute Gasteiger partial charge is 0.160 e. The second kappa shape index (κ2) is 6.12. The van der Waals surface area contributed by atoms with Gasteiger partial charge in [0.2, 0.25) is 0 Å². The van der Waals surface area contributed by atoms with Gasteiger partial charge in [0, 0.05) is 5.56 Å². The van der Waals surface area contributed by atoms with E-state index in [0.717, 1.165) is 31.2 Å². The van der Waals surface area contributed by atoms with Gasteiger partial charge in [-0.15, -0.1) is 0 Å². The van der Waals surface area contributed by atoms with E-state index in [0.29, 0.717) is 5.56 Å². The first-order valence-corrected chi connectivity index (χ1v) is 6.75. The summed E-state index contributed by atoms with van der Waals surface area (Å²) in [6, 6.07) is 4.63. The molecule has 2 heteroatoms. The van der Waals surface area contributed by atoms with Crippen molar-refractivity contribution in [2.24, 2.45) is 0 Å². The Hall–Kier alpha value is -1.18. The van der Waals surface area contributed by atoms with Crippen molar-refractivity contribution in [1.29, 1.82) is 0 Å². The molecule has 0 aliphatic heterocycles. The topological polar surface area (TPSA) is 17.1 Å². The molecule has 0 fully saturated rings. The first-order chi connectivity index (χ1) is 8.44. The number of benzene rings is 1. The molecule has 0 unspecified atom stereocenters. The number of hydrogen-bond acceptors (Lipinski definition) is 1. The highest BCUT2D eigenvalue weighted by atomic mass is 19.1. The number of Topliss-reactive ketones (excluding diaryl/α,β-unsaturated/α-hetero) is 1. The lowest BCUT2D eigenvalue weighted by Crippen LogP contribution is -2.24.